The van der Waals surface area contributed by atoms with Crippen molar-refractivity contribution in [3.05, 3.63) is 23.1 Å². The summed E-state index contributed by atoms with van der Waals surface area (Å²) >= 11 is 0. The summed E-state index contributed by atoms with van der Waals surface area (Å²) in [6, 6.07) is 4.45. The van der Waals surface area contributed by atoms with Gasteiger partial charge >= 0.3 is 0 Å². The maximum Gasteiger partial charge on any atom is 0.201 e. The predicted octanol–water partition coefficient (Wildman–Crippen LogP) is 1.99. The Morgan fingerprint density at radius 3 is 2.50 bits per heavy atom. The molecule has 5 heteroatoms. The Morgan fingerprint density at radius 1 is 1.21 bits per heavy atom. The van der Waals surface area contributed by atoms with Crippen LogP contribution in [0.15, 0.2) is 23.4 Å². The van der Waals surface area contributed by atoms with E-state index >= 15 is 0 Å². The third kappa shape index (κ3) is 0.953. The van der Waals surface area contributed by atoms with Crippen LogP contribution in [0.2, 0.25) is 0 Å². The second-order valence-corrected chi connectivity index (χ2v) is 3.03. The van der Waals surface area contributed by atoms with Crippen molar-refractivity contribution in [3.63, 3.8) is 0 Å². The van der Waals surface area contributed by atoms with Crippen molar-refractivity contribution in [2.45, 2.75) is 0 Å². The molecular weight excluding hydrogens is 184 g/mol. The summed E-state index contributed by atoms with van der Waals surface area (Å²) in [7, 11) is 1.53. The fourth-order valence-corrected chi connectivity index (χ4v) is 1.43. The molecule has 5 nitrogen and oxygen atoms in total. The smallest absolute Gasteiger partial charge is 0.201 e. The zero-order valence-electron chi connectivity index (χ0n) is 7.43. The van der Waals surface area contributed by atoms with E-state index in [0.717, 1.165) is 0 Å². The van der Waals surface area contributed by atoms with Gasteiger partial charge in [-0.1, -0.05) is 0 Å². The Balaban J connectivity index is 2.88. The highest BCUT2D eigenvalue weighted by molar-refractivity contribution is 5.94. The van der Waals surface area contributed by atoms with E-state index in [2.05, 4.69) is 5.18 Å². The first-order valence-corrected chi connectivity index (χ1v) is 3.99. The standard InChI is InChI=1S/C9H8N2O3/c1-11-8(12)6-3-2-5(10-14)4-7(6)9(11)13/h2-4,12-13H,1H3. The first kappa shape index (κ1) is 8.55. The van der Waals surface area contributed by atoms with Gasteiger partial charge in [-0.2, -0.15) is 0 Å². The molecule has 0 fully saturated rings. The summed E-state index contributed by atoms with van der Waals surface area (Å²) < 4.78 is 1.24. The molecule has 1 aromatic carbocycles. The summed E-state index contributed by atoms with van der Waals surface area (Å²) in [4.78, 5) is 10.3. The molecule has 1 heterocycles. The van der Waals surface area contributed by atoms with Crippen LogP contribution in [0.1, 0.15) is 0 Å². The molecule has 14 heavy (non-hydrogen) atoms. The zero-order valence-corrected chi connectivity index (χ0v) is 7.43. The van der Waals surface area contributed by atoms with Gasteiger partial charge in [-0.05, 0) is 23.4 Å². The number of hydrogen-bond acceptors (Lipinski definition) is 4. The lowest BCUT2D eigenvalue weighted by Crippen LogP contribution is -1.83. The topological polar surface area (TPSA) is 74.8 Å². The van der Waals surface area contributed by atoms with Crippen molar-refractivity contribution in [1.82, 2.24) is 4.57 Å². The largest absolute Gasteiger partial charge is 0.494 e. The highest BCUT2D eigenvalue weighted by Gasteiger charge is 2.13. The molecule has 0 bridgehead atoms. The van der Waals surface area contributed by atoms with E-state index in [4.69, 9.17) is 0 Å². The molecule has 0 aliphatic rings. The average Bonchev–Trinajstić information content (AvgIpc) is 2.44. The Hall–Kier alpha value is -2.04. The van der Waals surface area contributed by atoms with Gasteiger partial charge in [0.2, 0.25) is 11.8 Å². The second-order valence-electron chi connectivity index (χ2n) is 3.03. The number of benzene rings is 1. The first-order chi connectivity index (χ1) is 6.65. The molecule has 0 unspecified atom stereocenters. The maximum atomic E-state index is 10.3. The van der Waals surface area contributed by atoms with Crippen molar-refractivity contribution in [2.75, 3.05) is 0 Å². The van der Waals surface area contributed by atoms with Crippen LogP contribution in [0.3, 0.4) is 0 Å². The number of hydrogen-bond donors (Lipinski definition) is 2. The molecule has 0 saturated carbocycles. The average molecular weight is 192 g/mol. The quantitative estimate of drug-likeness (QED) is 0.678. The van der Waals surface area contributed by atoms with Gasteiger partial charge in [0.05, 0.1) is 0 Å². The van der Waals surface area contributed by atoms with Crippen LogP contribution in [-0.4, -0.2) is 14.8 Å². The first-order valence-electron chi connectivity index (χ1n) is 3.99. The molecule has 0 spiro atoms. The molecule has 1 aromatic heterocycles. The number of fused-ring (bicyclic) bond motifs is 1. The van der Waals surface area contributed by atoms with Gasteiger partial charge in [-0.15, -0.1) is 4.91 Å². The van der Waals surface area contributed by atoms with Crippen LogP contribution in [0.5, 0.6) is 11.8 Å². The molecule has 2 rings (SSSR count). The Morgan fingerprint density at radius 2 is 1.86 bits per heavy atom. The van der Waals surface area contributed by atoms with Gasteiger partial charge in [0, 0.05) is 17.8 Å². The summed E-state index contributed by atoms with van der Waals surface area (Å²) in [5, 5.41) is 22.8. The van der Waals surface area contributed by atoms with Crippen molar-refractivity contribution in [1.29, 1.82) is 0 Å². The number of aromatic hydroxyl groups is 2. The Labute approximate surface area is 79.2 Å². The summed E-state index contributed by atoms with van der Waals surface area (Å²) in [5.74, 6) is -0.113. The molecule has 0 saturated heterocycles. The van der Waals surface area contributed by atoms with E-state index in [-0.39, 0.29) is 17.4 Å². The predicted molar refractivity (Wildman–Crippen MR) is 51.7 cm³/mol. The highest BCUT2D eigenvalue weighted by Crippen LogP contribution is 2.36. The van der Waals surface area contributed by atoms with Crippen molar-refractivity contribution in [3.8, 4) is 11.8 Å². The lowest BCUT2D eigenvalue weighted by molar-refractivity contribution is 0.391. The maximum absolute atomic E-state index is 10.3. The van der Waals surface area contributed by atoms with E-state index in [9.17, 15) is 15.1 Å². The van der Waals surface area contributed by atoms with Crippen molar-refractivity contribution < 1.29 is 10.2 Å². The SMILES string of the molecule is Cn1c(O)c2ccc(N=O)cc2c1O. The molecule has 0 radical (unpaired) electrons. The minimum Gasteiger partial charge on any atom is -0.494 e. The van der Waals surface area contributed by atoms with Crippen molar-refractivity contribution in [2.24, 2.45) is 12.2 Å². The Bertz CT molecular complexity index is 516. The highest BCUT2D eigenvalue weighted by atomic mass is 16.3. The van der Waals surface area contributed by atoms with E-state index < -0.39 is 0 Å². The van der Waals surface area contributed by atoms with Gasteiger partial charge in [-0.3, -0.25) is 4.57 Å². The molecule has 2 N–H and O–H groups in total. The Kier molecular flexibility index (Phi) is 1.67. The van der Waals surface area contributed by atoms with Crippen LogP contribution in [-0.2, 0) is 7.05 Å². The molecule has 0 atom stereocenters. The van der Waals surface area contributed by atoms with Gasteiger partial charge in [0.15, 0.2) is 0 Å². The normalized spacial score (nSPS) is 10.6. The van der Waals surface area contributed by atoms with Gasteiger partial charge < -0.3 is 10.2 Å². The molecule has 0 amide bonds. The number of aromatic nitrogens is 1. The molecule has 2 aromatic rings. The van der Waals surface area contributed by atoms with E-state index in [1.165, 1.54) is 23.7 Å². The minimum atomic E-state index is -0.0806. The third-order valence-electron chi connectivity index (χ3n) is 2.23. The molecular formula is C9H8N2O3. The van der Waals surface area contributed by atoms with Crippen LogP contribution in [0.25, 0.3) is 10.8 Å². The molecule has 0 aliphatic heterocycles. The fraction of sp³-hybridized carbons (Fsp3) is 0.111. The number of rotatable bonds is 1. The van der Waals surface area contributed by atoms with Crippen LogP contribution in [0, 0.1) is 4.91 Å². The fourth-order valence-electron chi connectivity index (χ4n) is 1.43. The monoisotopic (exact) mass is 192 g/mol. The van der Waals surface area contributed by atoms with Gasteiger partial charge in [0.1, 0.15) is 5.69 Å². The number of nitroso groups, excluding NO2 is 1. The zero-order chi connectivity index (χ0) is 10.3. The molecule has 72 valence electrons. The third-order valence-corrected chi connectivity index (χ3v) is 2.23. The second kappa shape index (κ2) is 2.73. The van der Waals surface area contributed by atoms with Crippen molar-refractivity contribution >= 4 is 16.5 Å². The summed E-state index contributed by atoms with van der Waals surface area (Å²) in [6.45, 7) is 0. The lowest BCUT2D eigenvalue weighted by Gasteiger charge is -1.94. The van der Waals surface area contributed by atoms with E-state index in [0.29, 0.717) is 10.8 Å². The van der Waals surface area contributed by atoms with Crippen LogP contribution < -0.4 is 0 Å². The minimum absolute atomic E-state index is 0.0325. The molecule has 0 aliphatic carbocycles. The van der Waals surface area contributed by atoms with Crippen LogP contribution in [0.4, 0.5) is 5.69 Å². The lowest BCUT2D eigenvalue weighted by atomic mass is 10.2. The summed E-state index contributed by atoms with van der Waals surface area (Å²) in [6.07, 6.45) is 0. The number of nitrogens with zero attached hydrogens (tertiary/aromatic N) is 2. The van der Waals surface area contributed by atoms with Crippen LogP contribution >= 0.6 is 0 Å². The van der Waals surface area contributed by atoms with E-state index in [1.807, 2.05) is 0 Å². The van der Waals surface area contributed by atoms with Gasteiger partial charge in [-0.25, -0.2) is 0 Å². The van der Waals surface area contributed by atoms with Gasteiger partial charge in [0.25, 0.3) is 0 Å². The van der Waals surface area contributed by atoms with E-state index in [1.54, 1.807) is 6.07 Å². The summed E-state index contributed by atoms with van der Waals surface area (Å²) in [5.41, 5.74) is 0.221.